The van der Waals surface area contributed by atoms with Gasteiger partial charge in [0.2, 0.25) is 0 Å². The SMILES string of the molecule is CC[C@H](O)[C@@H](C)[C@@H]1O[C@@H]1CC/C=C/C=C(\C)[C@@H]1OC(=O)C[C@H](O)CC[C@@](C)(O)[C@@H](OC(C)=O)/C=C/[C@@H]1C. The number of carbonyl (C=O) groups is 2. The van der Waals surface area contributed by atoms with Crippen LogP contribution in [0.3, 0.4) is 0 Å². The molecule has 1 saturated heterocycles. The standard InChI is InChI=1S/C29H46O8/c1-7-23(32)20(4)28-24(36-28)12-10-8-9-11-18(2)27-19(3)13-14-25(35-21(5)30)29(6,34)16-15-22(31)17-26(33)37-27/h8-9,11,13-14,19-20,22-25,27-28,31-32,34H,7,10,12,15-17H2,1-6H3/b9-8+,14-13+,18-11+/t19-,20+,22+,23-,24+,25-,27-,28-,29+/m0/s1. The van der Waals surface area contributed by atoms with Crippen LogP contribution in [-0.4, -0.2) is 69.5 Å². The Morgan fingerprint density at radius 1 is 1.32 bits per heavy atom. The van der Waals surface area contributed by atoms with Crippen LogP contribution in [0.4, 0.5) is 0 Å². The third kappa shape index (κ3) is 10.0. The van der Waals surface area contributed by atoms with E-state index in [-0.39, 0.29) is 49.4 Å². The van der Waals surface area contributed by atoms with Crippen molar-refractivity contribution in [1.29, 1.82) is 0 Å². The van der Waals surface area contributed by atoms with Gasteiger partial charge in [-0.2, -0.15) is 0 Å². The van der Waals surface area contributed by atoms with Crippen LogP contribution in [0.15, 0.2) is 36.0 Å². The molecule has 0 aliphatic carbocycles. The number of hydrogen-bond acceptors (Lipinski definition) is 8. The first-order valence-corrected chi connectivity index (χ1v) is 13.5. The van der Waals surface area contributed by atoms with Gasteiger partial charge in [-0.15, -0.1) is 0 Å². The van der Waals surface area contributed by atoms with Crippen molar-refractivity contribution in [3.63, 3.8) is 0 Å². The first-order valence-electron chi connectivity index (χ1n) is 13.5. The molecule has 0 aromatic rings. The number of aliphatic hydroxyl groups is 3. The smallest absolute Gasteiger partial charge is 0.309 e. The quantitative estimate of drug-likeness (QED) is 0.181. The summed E-state index contributed by atoms with van der Waals surface area (Å²) in [4.78, 5) is 24.2. The minimum absolute atomic E-state index is 0.121. The van der Waals surface area contributed by atoms with Crippen LogP contribution in [0, 0.1) is 11.8 Å². The lowest BCUT2D eigenvalue weighted by atomic mass is 9.88. The molecule has 9 atom stereocenters. The molecule has 0 spiro atoms. The monoisotopic (exact) mass is 522 g/mol. The van der Waals surface area contributed by atoms with Crippen LogP contribution < -0.4 is 0 Å². The fraction of sp³-hybridized carbons (Fsp3) is 0.724. The van der Waals surface area contributed by atoms with E-state index < -0.39 is 35.9 Å². The average molecular weight is 523 g/mol. The van der Waals surface area contributed by atoms with Gasteiger partial charge >= 0.3 is 11.9 Å². The molecule has 0 unspecified atom stereocenters. The zero-order chi connectivity index (χ0) is 27.8. The van der Waals surface area contributed by atoms with Gasteiger partial charge in [0.25, 0.3) is 0 Å². The maximum absolute atomic E-state index is 12.5. The number of epoxide rings is 1. The lowest BCUT2D eigenvalue weighted by Gasteiger charge is -2.32. The Kier molecular flexibility index (Phi) is 12.0. The number of carbonyl (C=O) groups excluding carboxylic acids is 2. The summed E-state index contributed by atoms with van der Waals surface area (Å²) in [5, 5.41) is 31.2. The molecule has 2 rings (SSSR count). The second kappa shape index (κ2) is 14.2. The second-order valence-electron chi connectivity index (χ2n) is 10.8. The Morgan fingerprint density at radius 3 is 2.68 bits per heavy atom. The van der Waals surface area contributed by atoms with E-state index in [1.807, 2.05) is 45.9 Å². The molecule has 210 valence electrons. The Balaban J connectivity index is 2.07. The first kappa shape index (κ1) is 31.2. The van der Waals surface area contributed by atoms with Crippen LogP contribution in [0.25, 0.3) is 0 Å². The first-order chi connectivity index (χ1) is 17.4. The number of aliphatic hydroxyl groups excluding tert-OH is 2. The molecule has 0 aromatic carbocycles. The number of hydrogen-bond donors (Lipinski definition) is 3. The molecule has 3 N–H and O–H groups in total. The van der Waals surface area contributed by atoms with Crippen molar-refractivity contribution in [3.8, 4) is 0 Å². The Labute approximate surface area is 221 Å². The van der Waals surface area contributed by atoms with E-state index in [0.717, 1.165) is 24.8 Å². The van der Waals surface area contributed by atoms with E-state index in [4.69, 9.17) is 14.2 Å². The fourth-order valence-electron chi connectivity index (χ4n) is 4.74. The van der Waals surface area contributed by atoms with Crippen molar-refractivity contribution < 1.29 is 39.1 Å². The average Bonchev–Trinajstić information content (AvgIpc) is 3.61. The predicted octanol–water partition coefficient (Wildman–Crippen LogP) is 3.78. The molecule has 2 heterocycles. The third-order valence-electron chi connectivity index (χ3n) is 7.34. The van der Waals surface area contributed by atoms with Crippen LogP contribution in [0.5, 0.6) is 0 Å². The summed E-state index contributed by atoms with van der Waals surface area (Å²) >= 11 is 0. The van der Waals surface area contributed by atoms with Gasteiger partial charge in [-0.05, 0) is 57.6 Å². The highest BCUT2D eigenvalue weighted by molar-refractivity contribution is 5.70. The van der Waals surface area contributed by atoms with Crippen molar-refractivity contribution in [2.24, 2.45) is 11.8 Å². The van der Waals surface area contributed by atoms with E-state index in [9.17, 15) is 24.9 Å². The molecule has 8 heteroatoms. The highest BCUT2D eigenvalue weighted by Crippen LogP contribution is 2.35. The number of allylic oxidation sites excluding steroid dienone is 3. The van der Waals surface area contributed by atoms with Crippen LogP contribution >= 0.6 is 0 Å². The van der Waals surface area contributed by atoms with Crippen molar-refractivity contribution in [3.05, 3.63) is 36.0 Å². The molecule has 0 aromatic heterocycles. The Morgan fingerprint density at radius 2 is 2.03 bits per heavy atom. The van der Waals surface area contributed by atoms with E-state index in [0.29, 0.717) is 0 Å². The number of esters is 2. The number of ether oxygens (including phenoxy) is 3. The lowest BCUT2D eigenvalue weighted by Crippen LogP contribution is -2.42. The van der Waals surface area contributed by atoms with Gasteiger partial charge in [-0.1, -0.05) is 45.1 Å². The summed E-state index contributed by atoms with van der Waals surface area (Å²) in [7, 11) is 0. The van der Waals surface area contributed by atoms with Gasteiger partial charge in [0.15, 0.2) is 0 Å². The predicted molar refractivity (Wildman–Crippen MR) is 140 cm³/mol. The molecule has 1 fully saturated rings. The summed E-state index contributed by atoms with van der Waals surface area (Å²) in [6.45, 7) is 10.6. The summed E-state index contributed by atoms with van der Waals surface area (Å²) in [5.74, 6) is -1.16. The maximum Gasteiger partial charge on any atom is 0.309 e. The molecule has 2 aliphatic rings. The molecule has 0 amide bonds. The van der Waals surface area contributed by atoms with Gasteiger partial charge < -0.3 is 29.5 Å². The van der Waals surface area contributed by atoms with Crippen molar-refractivity contribution in [1.82, 2.24) is 0 Å². The van der Waals surface area contributed by atoms with E-state index >= 15 is 0 Å². The van der Waals surface area contributed by atoms with Crippen molar-refractivity contribution >= 4 is 11.9 Å². The largest absolute Gasteiger partial charge is 0.457 e. The minimum atomic E-state index is -1.40. The molecular weight excluding hydrogens is 476 g/mol. The third-order valence-corrected chi connectivity index (χ3v) is 7.34. The Hall–Kier alpha value is -2.00. The highest BCUT2D eigenvalue weighted by atomic mass is 16.6. The van der Waals surface area contributed by atoms with Gasteiger partial charge in [-0.25, -0.2) is 0 Å². The van der Waals surface area contributed by atoms with Crippen molar-refractivity contribution in [2.75, 3.05) is 0 Å². The maximum atomic E-state index is 12.5. The van der Waals surface area contributed by atoms with E-state index in [2.05, 4.69) is 0 Å². The van der Waals surface area contributed by atoms with Gasteiger partial charge in [-0.3, -0.25) is 9.59 Å². The summed E-state index contributed by atoms with van der Waals surface area (Å²) in [5.41, 5.74) is -0.574. The normalized spacial score (nSPS) is 36.1. The minimum Gasteiger partial charge on any atom is -0.457 e. The molecule has 0 radical (unpaired) electrons. The zero-order valence-electron chi connectivity index (χ0n) is 23.1. The number of cyclic esters (lactones) is 1. The van der Waals surface area contributed by atoms with Crippen LogP contribution in [0.2, 0.25) is 0 Å². The van der Waals surface area contributed by atoms with Crippen molar-refractivity contribution in [2.45, 2.75) is 122 Å². The summed E-state index contributed by atoms with van der Waals surface area (Å²) < 4.78 is 16.8. The van der Waals surface area contributed by atoms with E-state index in [1.165, 1.54) is 6.92 Å². The van der Waals surface area contributed by atoms with Gasteiger partial charge in [0, 0.05) is 18.8 Å². The summed E-state index contributed by atoms with van der Waals surface area (Å²) in [6.07, 6.45) is 9.34. The van der Waals surface area contributed by atoms with Gasteiger partial charge in [0.05, 0.1) is 30.8 Å². The molecule has 37 heavy (non-hydrogen) atoms. The van der Waals surface area contributed by atoms with Gasteiger partial charge in [0.1, 0.15) is 17.8 Å². The lowest BCUT2D eigenvalue weighted by molar-refractivity contribution is -0.157. The molecule has 0 saturated carbocycles. The Bertz CT molecular complexity index is 845. The fourth-order valence-corrected chi connectivity index (χ4v) is 4.74. The van der Waals surface area contributed by atoms with E-state index in [1.54, 1.807) is 19.1 Å². The second-order valence-corrected chi connectivity index (χ2v) is 10.8. The van der Waals surface area contributed by atoms with Crippen LogP contribution in [0.1, 0.15) is 80.1 Å². The molecular formula is C29H46O8. The zero-order valence-corrected chi connectivity index (χ0v) is 23.1. The van der Waals surface area contributed by atoms with Crippen LogP contribution in [-0.2, 0) is 23.8 Å². The molecule has 0 bridgehead atoms. The molecule has 2 aliphatic heterocycles. The molecule has 8 nitrogen and oxygen atoms in total. The highest BCUT2D eigenvalue weighted by Gasteiger charge is 2.44. The number of rotatable bonds is 9. The topological polar surface area (TPSA) is 126 Å². The summed E-state index contributed by atoms with van der Waals surface area (Å²) in [6, 6.07) is 0.